The molecule has 0 saturated carbocycles. The van der Waals surface area contributed by atoms with Crippen LogP contribution in [0.3, 0.4) is 0 Å². The minimum atomic E-state index is 0.639. The number of nitrogens with one attached hydrogen (secondary N) is 2. The Bertz CT molecular complexity index is 1880. The van der Waals surface area contributed by atoms with Crippen LogP contribution < -0.4 is 15.4 Å². The van der Waals surface area contributed by atoms with Gasteiger partial charge in [-0.3, -0.25) is 0 Å². The lowest BCUT2D eigenvalue weighted by Crippen LogP contribution is -2.04. The number of rotatable bonds is 5. The maximum absolute atomic E-state index is 9.11. The highest BCUT2D eigenvalue weighted by Gasteiger charge is 2.28. The molecule has 0 aliphatic heterocycles. The van der Waals surface area contributed by atoms with Gasteiger partial charge >= 0.3 is 0 Å². The largest absolute Gasteiger partial charge is 0.396 e. The second kappa shape index (κ2) is 9.73. The van der Waals surface area contributed by atoms with Gasteiger partial charge in [0.1, 0.15) is 0 Å². The van der Waals surface area contributed by atoms with E-state index in [1.165, 1.54) is 11.7 Å². The quantitative estimate of drug-likeness (QED) is 0.220. The number of hydrogen-bond acceptors (Lipinski definition) is 8. The molecule has 6 aromatic rings. The zero-order valence-corrected chi connectivity index (χ0v) is 22.5. The lowest BCUT2D eigenvalue weighted by atomic mass is 10.0. The fraction of sp³-hybridized carbons (Fsp3) is 0.0345. The number of aromatic amines is 1. The van der Waals surface area contributed by atoms with Crippen molar-refractivity contribution in [1.29, 1.82) is 10.5 Å². The van der Waals surface area contributed by atoms with E-state index in [0.29, 0.717) is 16.8 Å². The summed E-state index contributed by atoms with van der Waals surface area (Å²) < 4.78 is 8.12. The Balaban J connectivity index is 1.46. The average Bonchev–Trinajstić information content (AvgIpc) is 3.74. The zero-order chi connectivity index (χ0) is 26.2. The van der Waals surface area contributed by atoms with Gasteiger partial charge in [-0.15, -0.1) is 22.7 Å². The number of anilines is 2. The normalized spacial score (nSPS) is 10.8. The summed E-state index contributed by atoms with van der Waals surface area (Å²) in [5.41, 5.74) is 15.4. The SMILES string of the molecule is CNc1c(N)c(-c2ccc(-c3ccc(C#N)cc3)s2)c2ns[nH+]c2c1-c1ccc(-c2ccc(C#N)cc2)s1. The Labute approximate surface area is 231 Å². The number of benzene rings is 3. The van der Waals surface area contributed by atoms with Crippen molar-refractivity contribution in [2.24, 2.45) is 0 Å². The summed E-state index contributed by atoms with van der Waals surface area (Å²) in [6, 6.07) is 27.9. The Hall–Kier alpha value is -4.54. The molecule has 3 aromatic heterocycles. The molecule has 182 valence electrons. The summed E-state index contributed by atoms with van der Waals surface area (Å²) in [4.78, 5) is 4.30. The highest BCUT2D eigenvalue weighted by atomic mass is 32.1. The number of fused-ring (bicyclic) bond motifs is 1. The number of nitrogens with zero attached hydrogens (tertiary/aromatic N) is 3. The topological polar surface area (TPSA) is 113 Å². The molecule has 0 aliphatic rings. The van der Waals surface area contributed by atoms with Gasteiger partial charge < -0.3 is 11.1 Å². The second-order valence-corrected chi connectivity index (χ2v) is 11.2. The predicted octanol–water partition coefficient (Wildman–Crippen LogP) is 7.27. The molecule has 0 spiro atoms. The van der Waals surface area contributed by atoms with E-state index in [4.69, 9.17) is 20.6 Å². The Morgan fingerprint density at radius 1 is 0.737 bits per heavy atom. The van der Waals surface area contributed by atoms with E-state index in [1.807, 2.05) is 55.6 Å². The summed E-state index contributed by atoms with van der Waals surface area (Å²) in [6.45, 7) is 0. The van der Waals surface area contributed by atoms with E-state index in [-0.39, 0.29) is 0 Å². The van der Waals surface area contributed by atoms with Crippen molar-refractivity contribution in [2.45, 2.75) is 0 Å². The molecule has 0 fully saturated rings. The number of nitrogens with two attached hydrogens (primary N) is 1. The van der Waals surface area contributed by atoms with Crippen LogP contribution in [0.2, 0.25) is 0 Å². The van der Waals surface area contributed by atoms with Crippen LogP contribution in [0.5, 0.6) is 0 Å². The van der Waals surface area contributed by atoms with Crippen molar-refractivity contribution in [2.75, 3.05) is 18.1 Å². The molecular formula is C29H19N6S3+. The third-order valence-corrected chi connectivity index (χ3v) is 9.22. The first-order chi connectivity index (χ1) is 18.6. The van der Waals surface area contributed by atoms with Crippen molar-refractivity contribution < 1.29 is 4.37 Å². The number of nitrogen functional groups attached to an aromatic ring is 1. The van der Waals surface area contributed by atoms with E-state index in [1.54, 1.807) is 22.7 Å². The molecule has 6 rings (SSSR count). The van der Waals surface area contributed by atoms with Crippen LogP contribution in [0.25, 0.3) is 52.8 Å². The van der Waals surface area contributed by atoms with Crippen LogP contribution >= 0.6 is 34.4 Å². The van der Waals surface area contributed by atoms with Crippen molar-refractivity contribution in [1.82, 2.24) is 4.37 Å². The molecule has 0 atom stereocenters. The number of hydrogen-bond donors (Lipinski definition) is 2. The maximum atomic E-state index is 9.11. The number of aromatic nitrogens is 2. The van der Waals surface area contributed by atoms with Crippen LogP contribution in [0.15, 0.2) is 72.8 Å². The fourth-order valence-electron chi connectivity index (χ4n) is 4.49. The van der Waals surface area contributed by atoms with Crippen LogP contribution in [-0.2, 0) is 0 Å². The van der Waals surface area contributed by atoms with Gasteiger partial charge in [0.15, 0.2) is 0 Å². The molecule has 38 heavy (non-hydrogen) atoms. The Morgan fingerprint density at radius 2 is 1.24 bits per heavy atom. The summed E-state index contributed by atoms with van der Waals surface area (Å²) in [5.74, 6) is 0. The zero-order valence-electron chi connectivity index (χ0n) is 20.1. The molecule has 3 aromatic carbocycles. The van der Waals surface area contributed by atoms with Crippen LogP contribution in [0, 0.1) is 22.7 Å². The molecule has 4 N–H and O–H groups in total. The van der Waals surface area contributed by atoms with Gasteiger partial charge in [-0.25, -0.2) is 0 Å². The number of nitriles is 2. The molecule has 0 unspecified atom stereocenters. The maximum Gasteiger partial charge on any atom is 0.275 e. The smallest absolute Gasteiger partial charge is 0.275 e. The van der Waals surface area contributed by atoms with Gasteiger partial charge in [0.2, 0.25) is 11.0 Å². The average molecular weight is 548 g/mol. The molecule has 0 radical (unpaired) electrons. The van der Waals surface area contributed by atoms with Gasteiger partial charge in [0.05, 0.1) is 45.8 Å². The van der Waals surface area contributed by atoms with Crippen LogP contribution in [-0.4, -0.2) is 11.4 Å². The number of thiophene rings is 2. The van der Waals surface area contributed by atoms with Gasteiger partial charge in [0, 0.05) is 30.9 Å². The molecule has 0 saturated heterocycles. The molecule has 0 bridgehead atoms. The summed E-state index contributed by atoms with van der Waals surface area (Å²) in [7, 11) is 1.89. The van der Waals surface area contributed by atoms with Gasteiger partial charge in [-0.05, 0) is 59.7 Å². The monoisotopic (exact) mass is 547 g/mol. The van der Waals surface area contributed by atoms with E-state index >= 15 is 0 Å². The second-order valence-electron chi connectivity index (χ2n) is 8.50. The first-order valence-electron chi connectivity index (χ1n) is 11.6. The van der Waals surface area contributed by atoms with Gasteiger partial charge in [0.25, 0.3) is 11.7 Å². The van der Waals surface area contributed by atoms with E-state index in [9.17, 15) is 0 Å². The van der Waals surface area contributed by atoms with Crippen molar-refractivity contribution in [3.05, 3.63) is 83.9 Å². The molecule has 0 aliphatic carbocycles. The van der Waals surface area contributed by atoms with Gasteiger partial charge in [-0.1, -0.05) is 24.3 Å². The van der Waals surface area contributed by atoms with Crippen molar-refractivity contribution in [3.8, 4) is 53.9 Å². The minimum absolute atomic E-state index is 0.639. The third kappa shape index (κ3) is 4.00. The molecule has 9 heteroatoms. The first kappa shape index (κ1) is 23.8. The van der Waals surface area contributed by atoms with Crippen LogP contribution in [0.4, 0.5) is 11.4 Å². The fourth-order valence-corrected chi connectivity index (χ4v) is 7.24. The first-order valence-corrected chi connectivity index (χ1v) is 14.0. The standard InChI is InChI=1S/C29H18N6S3/c1-33-27-25(23-13-11-21(37-23)19-8-4-17(15-31)5-9-19)29-28(34-38-35-29)24(26(27)32)22-12-10-20(36-22)18-6-2-16(14-30)3-7-18/h2-13,33H,32H2,1H3/p+1. The Kier molecular flexibility index (Phi) is 6.10. The summed E-state index contributed by atoms with van der Waals surface area (Å²) in [5, 5.41) is 21.6. The lowest BCUT2D eigenvalue weighted by Gasteiger charge is -2.13. The van der Waals surface area contributed by atoms with E-state index in [0.717, 1.165) is 58.5 Å². The lowest BCUT2D eigenvalue weighted by molar-refractivity contribution is -0.254. The Morgan fingerprint density at radius 3 is 1.74 bits per heavy atom. The van der Waals surface area contributed by atoms with E-state index in [2.05, 4.69) is 46.1 Å². The van der Waals surface area contributed by atoms with Crippen molar-refractivity contribution >= 4 is 56.8 Å². The molecule has 0 amide bonds. The third-order valence-electron chi connectivity index (χ3n) is 6.35. The predicted molar refractivity (Wildman–Crippen MR) is 157 cm³/mol. The summed E-state index contributed by atoms with van der Waals surface area (Å²) in [6.07, 6.45) is 0. The highest BCUT2D eigenvalue weighted by Crippen LogP contribution is 2.49. The molecule has 3 heterocycles. The molecular weight excluding hydrogens is 529 g/mol. The van der Waals surface area contributed by atoms with Crippen molar-refractivity contribution in [3.63, 3.8) is 0 Å². The highest BCUT2D eigenvalue weighted by molar-refractivity contribution is 7.19. The van der Waals surface area contributed by atoms with E-state index < -0.39 is 0 Å². The number of H-pyrrole nitrogens is 1. The molecule has 6 nitrogen and oxygen atoms in total. The minimum Gasteiger partial charge on any atom is -0.396 e. The van der Waals surface area contributed by atoms with Gasteiger partial charge in [-0.2, -0.15) is 14.9 Å². The van der Waals surface area contributed by atoms with Crippen LogP contribution in [0.1, 0.15) is 11.1 Å². The summed E-state index contributed by atoms with van der Waals surface area (Å²) >= 11 is 4.63.